The number of rotatable bonds is 4. The molecular formula is C9H12O4. The van der Waals surface area contributed by atoms with Gasteiger partial charge >= 0.3 is 11.9 Å². The summed E-state index contributed by atoms with van der Waals surface area (Å²) in [7, 11) is 0. The molecule has 13 heavy (non-hydrogen) atoms. The van der Waals surface area contributed by atoms with Crippen molar-refractivity contribution >= 4 is 11.9 Å². The summed E-state index contributed by atoms with van der Waals surface area (Å²) < 4.78 is 9.09. The molecule has 0 aliphatic heterocycles. The Morgan fingerprint density at radius 3 is 2.31 bits per heavy atom. The highest BCUT2D eigenvalue weighted by Gasteiger charge is 1.99. The molecular weight excluding hydrogens is 172 g/mol. The minimum absolute atomic E-state index is 0.276. The van der Waals surface area contributed by atoms with Gasteiger partial charge in [-0.15, -0.1) is 0 Å². The lowest BCUT2D eigenvalue weighted by Crippen LogP contribution is -2.02. The maximum Gasteiger partial charge on any atom is 0.336 e. The van der Waals surface area contributed by atoms with Crippen LogP contribution < -0.4 is 0 Å². The molecule has 0 aromatic carbocycles. The Hall–Kier alpha value is -1.58. The molecule has 0 heterocycles. The van der Waals surface area contributed by atoms with Crippen LogP contribution in [0, 0.1) is 0 Å². The van der Waals surface area contributed by atoms with E-state index < -0.39 is 11.9 Å². The average Bonchev–Trinajstić information content (AvgIpc) is 2.00. The predicted molar refractivity (Wildman–Crippen MR) is 46.7 cm³/mol. The third kappa shape index (κ3) is 6.80. The van der Waals surface area contributed by atoms with Gasteiger partial charge in [0.1, 0.15) is 0 Å². The summed E-state index contributed by atoms with van der Waals surface area (Å²) in [6.45, 7) is 6.86. The zero-order valence-corrected chi connectivity index (χ0v) is 7.70. The van der Waals surface area contributed by atoms with Gasteiger partial charge in [0.15, 0.2) is 0 Å². The number of allylic oxidation sites excluding steroid dienone is 1. The van der Waals surface area contributed by atoms with Crippen LogP contribution in [0.5, 0.6) is 0 Å². The number of esters is 2. The van der Waals surface area contributed by atoms with E-state index in [1.165, 1.54) is 6.92 Å². The van der Waals surface area contributed by atoms with Gasteiger partial charge < -0.3 is 9.47 Å². The van der Waals surface area contributed by atoms with Gasteiger partial charge in [0.25, 0.3) is 0 Å². The number of ether oxygens (including phenoxy) is 2. The molecule has 0 aromatic rings. The molecule has 0 saturated heterocycles. The monoisotopic (exact) mass is 184 g/mol. The summed E-state index contributed by atoms with van der Waals surface area (Å²) in [5, 5.41) is 0. The van der Waals surface area contributed by atoms with Crippen molar-refractivity contribution in [3.05, 3.63) is 24.5 Å². The van der Waals surface area contributed by atoms with E-state index in [0.29, 0.717) is 0 Å². The summed E-state index contributed by atoms with van der Waals surface area (Å²) >= 11 is 0. The molecule has 72 valence electrons. The molecule has 0 N–H and O–H groups in total. The molecule has 0 aliphatic rings. The highest BCUT2D eigenvalue weighted by molar-refractivity contribution is 5.91. The summed E-state index contributed by atoms with van der Waals surface area (Å²) in [6, 6.07) is 0. The Bertz CT molecular complexity index is 240. The molecule has 0 rings (SSSR count). The highest BCUT2D eigenvalue weighted by atomic mass is 16.5. The van der Waals surface area contributed by atoms with Gasteiger partial charge in [0.2, 0.25) is 0 Å². The minimum atomic E-state index is -0.638. The van der Waals surface area contributed by atoms with Gasteiger partial charge in [-0.3, -0.25) is 0 Å². The van der Waals surface area contributed by atoms with Crippen LogP contribution in [0.2, 0.25) is 0 Å². The van der Waals surface area contributed by atoms with Crippen molar-refractivity contribution in [3.63, 3.8) is 0 Å². The first-order valence-electron chi connectivity index (χ1n) is 3.78. The van der Waals surface area contributed by atoms with Crippen LogP contribution in [0.25, 0.3) is 0 Å². The second kappa shape index (κ2) is 5.99. The predicted octanol–water partition coefficient (Wildman–Crippen LogP) is 1.18. The molecule has 0 amide bonds. The summed E-state index contributed by atoms with van der Waals surface area (Å²) in [4.78, 5) is 21.5. The first-order chi connectivity index (χ1) is 6.06. The Kier molecular flexibility index (Phi) is 5.27. The lowest BCUT2D eigenvalue weighted by molar-refractivity contribution is -0.138. The minimum Gasteiger partial charge on any atom is -0.463 e. The maximum absolute atomic E-state index is 10.8. The molecule has 0 aliphatic carbocycles. The maximum atomic E-state index is 10.8. The van der Waals surface area contributed by atoms with Crippen LogP contribution >= 0.6 is 0 Å². The fraction of sp³-hybridized carbons (Fsp3) is 0.333. The van der Waals surface area contributed by atoms with Crippen molar-refractivity contribution < 1.29 is 19.1 Å². The Morgan fingerprint density at radius 2 is 1.85 bits per heavy atom. The first kappa shape index (κ1) is 11.4. The lowest BCUT2D eigenvalue weighted by atomic mass is 10.5. The van der Waals surface area contributed by atoms with Gasteiger partial charge in [0, 0.05) is 12.2 Å². The van der Waals surface area contributed by atoms with Crippen LogP contribution in [0.3, 0.4) is 0 Å². The molecule has 0 radical (unpaired) electrons. The van der Waals surface area contributed by atoms with Crippen molar-refractivity contribution in [2.75, 3.05) is 6.61 Å². The van der Waals surface area contributed by atoms with Gasteiger partial charge in [-0.1, -0.05) is 6.58 Å². The quantitative estimate of drug-likeness (QED) is 0.374. The molecule has 4 nitrogen and oxygen atoms in total. The number of carbonyl (C=O) groups excluding carboxylic acids is 2. The second-order valence-electron chi connectivity index (χ2n) is 2.21. The Morgan fingerprint density at radius 1 is 1.31 bits per heavy atom. The Balaban J connectivity index is 3.90. The van der Waals surface area contributed by atoms with Gasteiger partial charge in [0.05, 0.1) is 12.4 Å². The van der Waals surface area contributed by atoms with Crippen LogP contribution in [0.15, 0.2) is 24.5 Å². The van der Waals surface area contributed by atoms with E-state index >= 15 is 0 Å². The van der Waals surface area contributed by atoms with E-state index in [4.69, 9.17) is 0 Å². The molecule has 0 spiro atoms. The van der Waals surface area contributed by atoms with Crippen molar-refractivity contribution in [1.29, 1.82) is 0 Å². The van der Waals surface area contributed by atoms with Crippen molar-refractivity contribution in [2.45, 2.75) is 13.8 Å². The molecule has 0 unspecified atom stereocenters. The average molecular weight is 184 g/mol. The SMILES string of the molecule is C=C(C)OC(=O)/C=C\C(=O)OCC. The van der Waals surface area contributed by atoms with Crippen molar-refractivity contribution in [2.24, 2.45) is 0 Å². The van der Waals surface area contributed by atoms with E-state index in [1.807, 2.05) is 0 Å². The van der Waals surface area contributed by atoms with E-state index in [9.17, 15) is 9.59 Å². The third-order valence-electron chi connectivity index (χ3n) is 0.917. The van der Waals surface area contributed by atoms with Crippen LogP contribution in [-0.2, 0) is 19.1 Å². The summed E-state index contributed by atoms with van der Waals surface area (Å²) in [5.74, 6) is -0.930. The summed E-state index contributed by atoms with van der Waals surface area (Å²) in [6.07, 6.45) is 2.00. The molecule has 4 heteroatoms. The molecule has 0 bridgehead atoms. The largest absolute Gasteiger partial charge is 0.463 e. The van der Waals surface area contributed by atoms with E-state index in [2.05, 4.69) is 16.1 Å². The smallest absolute Gasteiger partial charge is 0.336 e. The van der Waals surface area contributed by atoms with Crippen LogP contribution in [0.1, 0.15) is 13.8 Å². The summed E-state index contributed by atoms with van der Waals surface area (Å²) in [5.41, 5.74) is 0. The van der Waals surface area contributed by atoms with Crippen molar-refractivity contribution in [3.8, 4) is 0 Å². The zero-order valence-electron chi connectivity index (χ0n) is 7.70. The fourth-order valence-corrected chi connectivity index (χ4v) is 0.532. The van der Waals surface area contributed by atoms with E-state index in [-0.39, 0.29) is 12.4 Å². The van der Waals surface area contributed by atoms with Crippen LogP contribution in [0.4, 0.5) is 0 Å². The van der Waals surface area contributed by atoms with Crippen molar-refractivity contribution in [1.82, 2.24) is 0 Å². The van der Waals surface area contributed by atoms with E-state index in [1.54, 1.807) is 6.92 Å². The molecule has 0 atom stereocenters. The Labute approximate surface area is 76.8 Å². The van der Waals surface area contributed by atoms with E-state index in [0.717, 1.165) is 12.2 Å². The van der Waals surface area contributed by atoms with Gasteiger partial charge in [-0.25, -0.2) is 9.59 Å². The molecule has 0 aromatic heterocycles. The lowest BCUT2D eigenvalue weighted by Gasteiger charge is -1.97. The fourth-order valence-electron chi connectivity index (χ4n) is 0.532. The zero-order chi connectivity index (χ0) is 10.3. The topological polar surface area (TPSA) is 52.6 Å². The van der Waals surface area contributed by atoms with Gasteiger partial charge in [-0.05, 0) is 13.8 Å². The first-order valence-corrected chi connectivity index (χ1v) is 3.78. The third-order valence-corrected chi connectivity index (χ3v) is 0.917. The number of hydrogen-bond donors (Lipinski definition) is 0. The molecule has 0 fully saturated rings. The second-order valence-corrected chi connectivity index (χ2v) is 2.21. The highest BCUT2D eigenvalue weighted by Crippen LogP contribution is 1.92. The molecule has 0 saturated carbocycles. The standard InChI is InChI=1S/C9H12O4/c1-4-12-8(10)5-6-9(11)13-7(2)3/h5-6H,2,4H2,1,3H3/b6-5-. The normalized spacial score (nSPS) is 9.69. The van der Waals surface area contributed by atoms with Gasteiger partial charge in [-0.2, -0.15) is 0 Å². The number of hydrogen-bond acceptors (Lipinski definition) is 4. The van der Waals surface area contributed by atoms with Crippen LogP contribution in [-0.4, -0.2) is 18.5 Å². The number of carbonyl (C=O) groups is 2.